The van der Waals surface area contributed by atoms with Gasteiger partial charge in [-0.2, -0.15) is 0 Å². The molecule has 3 heteroatoms. The molecule has 0 spiro atoms. The molecule has 0 saturated heterocycles. The second kappa shape index (κ2) is 5.06. The summed E-state index contributed by atoms with van der Waals surface area (Å²) in [6, 6.07) is 0. The largest absolute Gasteiger partial charge is 0.414 e. The van der Waals surface area contributed by atoms with E-state index in [0.29, 0.717) is 0 Å². The van der Waals surface area contributed by atoms with Gasteiger partial charge in [-0.3, -0.25) is 0 Å². The highest BCUT2D eigenvalue weighted by molar-refractivity contribution is 6.48. The summed E-state index contributed by atoms with van der Waals surface area (Å²) in [5.74, 6) is 1.65. The third-order valence-corrected chi connectivity index (χ3v) is 8.41. The summed E-state index contributed by atoms with van der Waals surface area (Å²) in [6.45, 7) is 13.3. The minimum atomic E-state index is -1.07. The first-order chi connectivity index (χ1) is 10.0. The summed E-state index contributed by atoms with van der Waals surface area (Å²) in [4.78, 5) is 0. The second-order valence-electron chi connectivity index (χ2n) is 10.0. The third-order valence-electron chi connectivity index (χ3n) is 7.52. The first-order valence-electron chi connectivity index (χ1n) is 9.43. The lowest BCUT2D eigenvalue weighted by Gasteiger charge is -2.53. The Morgan fingerprint density at radius 1 is 1.14 bits per heavy atom. The molecule has 0 aromatic carbocycles. The van der Waals surface area contributed by atoms with Crippen LogP contribution in [0.2, 0.25) is 13.1 Å². The number of hydrogen-bond acceptors (Lipinski definition) is 2. The van der Waals surface area contributed by atoms with E-state index in [0.717, 1.165) is 18.3 Å². The van der Waals surface area contributed by atoms with Gasteiger partial charge in [0, 0.05) is 5.41 Å². The zero-order valence-corrected chi connectivity index (χ0v) is 16.7. The molecule has 0 radical (unpaired) electrons. The molecule has 0 aromatic heterocycles. The first-order valence-corrected chi connectivity index (χ1v) is 12.2. The average Bonchev–Trinajstić information content (AvgIpc) is 2.96. The van der Waals surface area contributed by atoms with E-state index in [1.54, 1.807) is 0 Å². The normalized spacial score (nSPS) is 43.6. The van der Waals surface area contributed by atoms with Crippen LogP contribution >= 0.6 is 0 Å². The van der Waals surface area contributed by atoms with E-state index in [4.69, 9.17) is 4.43 Å². The average molecular weight is 325 g/mol. The Morgan fingerprint density at radius 2 is 1.82 bits per heavy atom. The van der Waals surface area contributed by atoms with Crippen LogP contribution in [0.1, 0.15) is 72.6 Å². The zero-order chi connectivity index (χ0) is 16.4. The molecule has 3 aliphatic carbocycles. The van der Waals surface area contributed by atoms with Crippen LogP contribution in [0.3, 0.4) is 0 Å². The predicted octanol–water partition coefficient (Wildman–Crippen LogP) is 4.51. The van der Waals surface area contributed by atoms with Crippen molar-refractivity contribution in [3.63, 3.8) is 0 Å². The summed E-state index contributed by atoms with van der Waals surface area (Å²) >= 11 is 0. The van der Waals surface area contributed by atoms with E-state index in [1.165, 1.54) is 38.5 Å². The van der Waals surface area contributed by atoms with E-state index < -0.39 is 14.6 Å². The number of rotatable bonds is 4. The van der Waals surface area contributed by atoms with Crippen molar-refractivity contribution in [2.75, 3.05) is 0 Å². The predicted molar refractivity (Wildman–Crippen MR) is 94.5 cm³/mol. The molecule has 1 N–H and O–H groups in total. The van der Waals surface area contributed by atoms with Crippen LogP contribution in [0.5, 0.6) is 0 Å². The molecule has 2 bridgehead atoms. The van der Waals surface area contributed by atoms with Crippen molar-refractivity contribution in [2.24, 2.45) is 22.7 Å². The van der Waals surface area contributed by atoms with Crippen LogP contribution in [-0.2, 0) is 4.43 Å². The molecule has 5 unspecified atom stereocenters. The third kappa shape index (κ3) is 2.26. The fourth-order valence-electron chi connectivity index (χ4n) is 6.10. The molecule has 0 amide bonds. The van der Waals surface area contributed by atoms with Crippen LogP contribution < -0.4 is 0 Å². The van der Waals surface area contributed by atoms with E-state index in [1.807, 2.05) is 0 Å². The minimum absolute atomic E-state index is 0.0764. The van der Waals surface area contributed by atoms with Gasteiger partial charge < -0.3 is 9.53 Å². The lowest BCUT2D eigenvalue weighted by atomic mass is 9.60. The smallest absolute Gasteiger partial charge is 0.171 e. The van der Waals surface area contributed by atoms with Crippen LogP contribution in [-0.4, -0.2) is 25.3 Å². The molecule has 0 aliphatic heterocycles. The molecule has 3 aliphatic rings. The van der Waals surface area contributed by atoms with Gasteiger partial charge in [0.1, 0.15) is 0 Å². The van der Waals surface area contributed by atoms with Gasteiger partial charge in [-0.25, -0.2) is 0 Å². The van der Waals surface area contributed by atoms with Crippen molar-refractivity contribution < 1.29 is 9.53 Å². The standard InChI is InChI=1S/C19H36O2Si/c1-16(2,3)17(4,20)13-18-11-9-14(12-18)15-8-7-10-19(15,18)21-22(5)6/h14-15,20,22H,7-13H2,1-6H3. The van der Waals surface area contributed by atoms with Crippen LogP contribution in [0.25, 0.3) is 0 Å². The van der Waals surface area contributed by atoms with Crippen molar-refractivity contribution in [1.29, 1.82) is 0 Å². The summed E-state index contributed by atoms with van der Waals surface area (Å²) in [7, 11) is -1.07. The molecular formula is C19H36O2Si. The molecule has 2 nitrogen and oxygen atoms in total. The van der Waals surface area contributed by atoms with Gasteiger partial charge in [0.15, 0.2) is 9.04 Å². The fraction of sp³-hybridized carbons (Fsp3) is 1.00. The first kappa shape index (κ1) is 17.0. The Morgan fingerprint density at radius 3 is 2.41 bits per heavy atom. The SMILES string of the molecule is C[SiH](C)OC12CCCC1C1CCC2(CC(C)(O)C(C)(C)C)C1. The summed E-state index contributed by atoms with van der Waals surface area (Å²) in [5.41, 5.74) is -0.334. The monoisotopic (exact) mass is 324 g/mol. The van der Waals surface area contributed by atoms with Gasteiger partial charge in [-0.1, -0.05) is 27.2 Å². The fourth-order valence-corrected chi connectivity index (χ4v) is 7.48. The van der Waals surface area contributed by atoms with Gasteiger partial charge in [0.25, 0.3) is 0 Å². The van der Waals surface area contributed by atoms with Crippen molar-refractivity contribution in [1.82, 2.24) is 0 Å². The lowest BCUT2D eigenvalue weighted by molar-refractivity contribution is -0.138. The molecule has 0 heterocycles. The molecular weight excluding hydrogens is 288 g/mol. The van der Waals surface area contributed by atoms with Gasteiger partial charge in [0.05, 0.1) is 11.2 Å². The maximum atomic E-state index is 11.3. The van der Waals surface area contributed by atoms with Crippen molar-refractivity contribution in [3.8, 4) is 0 Å². The van der Waals surface area contributed by atoms with Gasteiger partial charge >= 0.3 is 0 Å². The summed E-state index contributed by atoms with van der Waals surface area (Å²) < 4.78 is 6.85. The highest BCUT2D eigenvalue weighted by Gasteiger charge is 2.70. The van der Waals surface area contributed by atoms with Crippen LogP contribution in [0.15, 0.2) is 0 Å². The highest BCUT2D eigenvalue weighted by atomic mass is 28.3. The van der Waals surface area contributed by atoms with Crippen molar-refractivity contribution >= 4 is 9.04 Å². The van der Waals surface area contributed by atoms with E-state index in [9.17, 15) is 5.11 Å². The van der Waals surface area contributed by atoms with Crippen molar-refractivity contribution in [2.45, 2.75) is 96.9 Å². The second-order valence-corrected chi connectivity index (χ2v) is 12.4. The molecule has 22 heavy (non-hydrogen) atoms. The minimum Gasteiger partial charge on any atom is -0.414 e. The maximum Gasteiger partial charge on any atom is 0.171 e. The Labute approximate surface area is 138 Å². The molecule has 128 valence electrons. The van der Waals surface area contributed by atoms with Crippen LogP contribution in [0, 0.1) is 22.7 Å². The Balaban J connectivity index is 1.96. The number of hydrogen-bond donors (Lipinski definition) is 1. The van der Waals surface area contributed by atoms with E-state index >= 15 is 0 Å². The zero-order valence-electron chi connectivity index (χ0n) is 15.5. The maximum absolute atomic E-state index is 11.3. The quantitative estimate of drug-likeness (QED) is 0.771. The summed E-state index contributed by atoms with van der Waals surface area (Å²) in [5, 5.41) is 11.3. The molecule has 5 atom stereocenters. The van der Waals surface area contributed by atoms with Crippen molar-refractivity contribution in [3.05, 3.63) is 0 Å². The van der Waals surface area contributed by atoms with Gasteiger partial charge in [-0.05, 0) is 75.8 Å². The summed E-state index contributed by atoms with van der Waals surface area (Å²) in [6.07, 6.45) is 8.84. The van der Waals surface area contributed by atoms with E-state index in [2.05, 4.69) is 40.8 Å². The molecule has 3 fully saturated rings. The Hall–Kier alpha value is 0.137. The molecule has 0 aromatic rings. The van der Waals surface area contributed by atoms with Gasteiger partial charge in [-0.15, -0.1) is 0 Å². The number of aliphatic hydroxyl groups is 1. The Bertz CT molecular complexity index is 439. The Kier molecular flexibility index (Phi) is 3.91. The molecule has 3 rings (SSSR count). The highest BCUT2D eigenvalue weighted by Crippen LogP contribution is 2.72. The lowest BCUT2D eigenvalue weighted by Crippen LogP contribution is -2.56. The van der Waals surface area contributed by atoms with Crippen LogP contribution in [0.4, 0.5) is 0 Å². The molecule has 3 saturated carbocycles. The van der Waals surface area contributed by atoms with Gasteiger partial charge in [0.2, 0.25) is 0 Å². The number of fused-ring (bicyclic) bond motifs is 5. The topological polar surface area (TPSA) is 29.5 Å². The van der Waals surface area contributed by atoms with E-state index in [-0.39, 0.29) is 16.4 Å².